The minimum Gasteiger partial charge on any atom is -0.493 e. The third kappa shape index (κ3) is 6.13. The summed E-state index contributed by atoms with van der Waals surface area (Å²) >= 11 is 4.53. The number of hydrogen-bond acceptors (Lipinski definition) is 6. The van der Waals surface area contributed by atoms with Gasteiger partial charge < -0.3 is 9.47 Å². The van der Waals surface area contributed by atoms with E-state index in [1.165, 1.54) is 11.3 Å². The molecular weight excluding hydrogens is 398 g/mol. The van der Waals surface area contributed by atoms with Gasteiger partial charge in [-0.2, -0.15) is 0 Å². The summed E-state index contributed by atoms with van der Waals surface area (Å²) in [5.74, 6) is -1.14. The van der Waals surface area contributed by atoms with E-state index in [4.69, 9.17) is 9.47 Å². The van der Waals surface area contributed by atoms with Crippen molar-refractivity contribution in [2.45, 2.75) is 6.42 Å². The first-order valence-electron chi connectivity index (χ1n) is 6.96. The van der Waals surface area contributed by atoms with Gasteiger partial charge in [-0.3, -0.25) is 19.7 Å². The van der Waals surface area contributed by atoms with Gasteiger partial charge in [-0.25, -0.2) is 0 Å². The fourth-order valence-corrected chi connectivity index (χ4v) is 2.66. The average molecular weight is 412 g/mol. The van der Waals surface area contributed by atoms with Crippen LogP contribution in [0, 0.1) is 0 Å². The van der Waals surface area contributed by atoms with E-state index in [0.717, 1.165) is 4.47 Å². The van der Waals surface area contributed by atoms with E-state index in [2.05, 4.69) is 21.2 Å². The number of benzene rings is 1. The summed E-state index contributed by atoms with van der Waals surface area (Å²) in [5.41, 5.74) is 0. The quantitative estimate of drug-likeness (QED) is 0.708. The number of ether oxygens (including phenoxy) is 2. The Morgan fingerprint density at radius 2 is 2.00 bits per heavy atom. The van der Waals surface area contributed by atoms with E-state index in [9.17, 15) is 14.4 Å². The Balaban J connectivity index is 1.64. The molecule has 0 radical (unpaired) electrons. The molecule has 8 heteroatoms. The van der Waals surface area contributed by atoms with Gasteiger partial charge in [0.25, 0.3) is 11.8 Å². The number of carbonyl (C=O) groups is 3. The predicted octanol–water partition coefficient (Wildman–Crippen LogP) is 2.78. The molecule has 0 fully saturated rings. The molecule has 0 unspecified atom stereocenters. The third-order valence-electron chi connectivity index (χ3n) is 2.73. The third-order valence-corrected chi connectivity index (χ3v) is 4.10. The predicted molar refractivity (Wildman–Crippen MR) is 92.0 cm³/mol. The number of amides is 2. The fourth-order valence-electron chi connectivity index (χ4n) is 1.66. The first-order chi connectivity index (χ1) is 11.5. The van der Waals surface area contributed by atoms with E-state index in [-0.39, 0.29) is 13.0 Å². The number of imide groups is 1. The van der Waals surface area contributed by atoms with Gasteiger partial charge in [0.2, 0.25) is 0 Å². The molecule has 0 aliphatic rings. The molecule has 0 bridgehead atoms. The molecule has 2 aromatic rings. The van der Waals surface area contributed by atoms with Crippen molar-refractivity contribution in [3.63, 3.8) is 0 Å². The minimum absolute atomic E-state index is 0.00133. The highest BCUT2D eigenvalue weighted by Crippen LogP contribution is 2.17. The Hall–Kier alpha value is -2.19. The molecule has 0 aliphatic heterocycles. The molecule has 0 aliphatic carbocycles. The molecule has 1 heterocycles. The summed E-state index contributed by atoms with van der Waals surface area (Å²) in [7, 11) is 0. The maximum absolute atomic E-state index is 11.6. The highest BCUT2D eigenvalue weighted by molar-refractivity contribution is 9.10. The summed E-state index contributed by atoms with van der Waals surface area (Å²) < 4.78 is 11.1. The highest BCUT2D eigenvalue weighted by atomic mass is 79.9. The zero-order chi connectivity index (χ0) is 17.4. The van der Waals surface area contributed by atoms with E-state index < -0.39 is 24.4 Å². The van der Waals surface area contributed by atoms with Gasteiger partial charge in [0, 0.05) is 4.47 Å². The van der Waals surface area contributed by atoms with Gasteiger partial charge in [-0.15, -0.1) is 11.3 Å². The van der Waals surface area contributed by atoms with Crippen LogP contribution in [0.15, 0.2) is 46.3 Å². The van der Waals surface area contributed by atoms with Crippen LogP contribution in [0.2, 0.25) is 0 Å². The van der Waals surface area contributed by atoms with Crippen molar-refractivity contribution in [2.24, 2.45) is 0 Å². The second-order valence-corrected chi connectivity index (χ2v) is 6.43. The zero-order valence-corrected chi connectivity index (χ0v) is 14.9. The fraction of sp³-hybridized carbons (Fsp3) is 0.188. The standard InChI is InChI=1S/C16H14BrNO5S/c17-11-3-1-4-12(9-11)22-7-6-15(20)23-10-14(19)18-16(21)13-5-2-8-24-13/h1-5,8-9H,6-7,10H2,(H,18,19,21). The molecule has 1 N–H and O–H groups in total. The van der Waals surface area contributed by atoms with Gasteiger partial charge in [0.1, 0.15) is 5.75 Å². The molecule has 0 spiro atoms. The van der Waals surface area contributed by atoms with Crippen LogP contribution in [0.5, 0.6) is 5.75 Å². The second kappa shape index (κ2) is 9.19. The highest BCUT2D eigenvalue weighted by Gasteiger charge is 2.13. The van der Waals surface area contributed by atoms with Gasteiger partial charge >= 0.3 is 5.97 Å². The Bertz CT molecular complexity index is 717. The number of hydrogen-bond donors (Lipinski definition) is 1. The van der Waals surface area contributed by atoms with Crippen molar-refractivity contribution < 1.29 is 23.9 Å². The van der Waals surface area contributed by atoms with Crippen molar-refractivity contribution in [3.05, 3.63) is 51.1 Å². The number of nitrogens with one attached hydrogen (secondary N) is 1. The molecule has 1 aromatic heterocycles. The molecule has 24 heavy (non-hydrogen) atoms. The first kappa shape index (κ1) is 18.2. The maximum Gasteiger partial charge on any atom is 0.309 e. The van der Waals surface area contributed by atoms with Crippen LogP contribution < -0.4 is 10.1 Å². The summed E-state index contributed by atoms with van der Waals surface area (Å²) in [6.45, 7) is -0.377. The molecule has 2 rings (SSSR count). The minimum atomic E-state index is -0.672. The van der Waals surface area contributed by atoms with Crippen LogP contribution in [0.1, 0.15) is 16.1 Å². The van der Waals surface area contributed by atoms with Crippen LogP contribution >= 0.6 is 27.3 Å². The number of halogens is 1. The van der Waals surface area contributed by atoms with Crippen molar-refractivity contribution in [3.8, 4) is 5.75 Å². The lowest BCUT2D eigenvalue weighted by Gasteiger charge is -2.07. The van der Waals surface area contributed by atoms with E-state index in [0.29, 0.717) is 10.6 Å². The first-order valence-corrected chi connectivity index (χ1v) is 8.63. The van der Waals surface area contributed by atoms with Crippen LogP contribution in [0.3, 0.4) is 0 Å². The van der Waals surface area contributed by atoms with Gasteiger partial charge in [0.05, 0.1) is 17.9 Å². The monoisotopic (exact) mass is 411 g/mol. The van der Waals surface area contributed by atoms with Gasteiger partial charge in [-0.05, 0) is 29.6 Å². The van der Waals surface area contributed by atoms with Gasteiger partial charge in [-0.1, -0.05) is 28.1 Å². The van der Waals surface area contributed by atoms with Crippen molar-refractivity contribution >= 4 is 45.1 Å². The van der Waals surface area contributed by atoms with Crippen LogP contribution in [-0.4, -0.2) is 31.0 Å². The van der Waals surface area contributed by atoms with Crippen LogP contribution in [0.25, 0.3) is 0 Å². The van der Waals surface area contributed by atoms with Crippen molar-refractivity contribution in [1.29, 1.82) is 0 Å². The van der Waals surface area contributed by atoms with Crippen molar-refractivity contribution in [2.75, 3.05) is 13.2 Å². The lowest BCUT2D eigenvalue weighted by molar-refractivity contribution is -0.148. The van der Waals surface area contributed by atoms with E-state index in [1.807, 2.05) is 12.1 Å². The smallest absolute Gasteiger partial charge is 0.309 e. The lowest BCUT2D eigenvalue weighted by Crippen LogP contribution is -2.33. The molecule has 0 atom stereocenters. The summed E-state index contributed by atoms with van der Waals surface area (Å²) in [6, 6.07) is 10.5. The Morgan fingerprint density at radius 1 is 1.17 bits per heavy atom. The molecule has 6 nitrogen and oxygen atoms in total. The molecular formula is C16H14BrNO5S. The Labute approximate surface area is 150 Å². The van der Waals surface area contributed by atoms with E-state index in [1.54, 1.807) is 29.6 Å². The van der Waals surface area contributed by atoms with Crippen LogP contribution in [-0.2, 0) is 14.3 Å². The lowest BCUT2D eigenvalue weighted by atomic mass is 10.3. The normalized spacial score (nSPS) is 10.0. The molecule has 0 saturated carbocycles. The Morgan fingerprint density at radius 3 is 2.71 bits per heavy atom. The Kier molecular flexibility index (Phi) is 6.95. The largest absolute Gasteiger partial charge is 0.493 e. The SMILES string of the molecule is O=C(COC(=O)CCOc1cccc(Br)c1)NC(=O)c1cccs1. The van der Waals surface area contributed by atoms with E-state index >= 15 is 0 Å². The maximum atomic E-state index is 11.6. The average Bonchev–Trinajstić information content (AvgIpc) is 3.07. The molecule has 0 saturated heterocycles. The molecule has 2 amide bonds. The number of esters is 1. The topological polar surface area (TPSA) is 81.7 Å². The number of carbonyl (C=O) groups excluding carboxylic acids is 3. The van der Waals surface area contributed by atoms with Crippen LogP contribution in [0.4, 0.5) is 0 Å². The molecule has 126 valence electrons. The molecule has 1 aromatic carbocycles. The summed E-state index contributed by atoms with van der Waals surface area (Å²) in [4.78, 5) is 35.1. The zero-order valence-electron chi connectivity index (χ0n) is 12.5. The second-order valence-electron chi connectivity index (χ2n) is 4.57. The van der Waals surface area contributed by atoms with Gasteiger partial charge in [0.15, 0.2) is 6.61 Å². The summed E-state index contributed by atoms with van der Waals surface area (Å²) in [5, 5.41) is 3.87. The number of thiophene rings is 1. The van der Waals surface area contributed by atoms with Crippen molar-refractivity contribution in [1.82, 2.24) is 5.32 Å². The summed E-state index contributed by atoms with van der Waals surface area (Å²) in [6.07, 6.45) is -0.00133. The number of rotatable bonds is 7.